The zero-order valence-electron chi connectivity index (χ0n) is 21.8. The Bertz CT molecular complexity index is 1780. The Balaban J connectivity index is 1.43. The van der Waals surface area contributed by atoms with Crippen molar-refractivity contribution in [2.45, 2.75) is 38.8 Å². The van der Waals surface area contributed by atoms with Gasteiger partial charge in [0.2, 0.25) is 0 Å². The van der Waals surface area contributed by atoms with E-state index in [-0.39, 0.29) is 24.0 Å². The van der Waals surface area contributed by atoms with Gasteiger partial charge in [-0.25, -0.2) is 24.1 Å². The van der Waals surface area contributed by atoms with Crippen molar-refractivity contribution in [3.05, 3.63) is 88.2 Å². The first-order valence-corrected chi connectivity index (χ1v) is 12.8. The molecule has 5 rings (SSSR count). The van der Waals surface area contributed by atoms with Crippen molar-refractivity contribution in [1.82, 2.24) is 43.9 Å². The molecule has 2 N–H and O–H groups in total. The third-order valence-electron chi connectivity index (χ3n) is 6.07. The molecule has 0 radical (unpaired) electrons. The van der Waals surface area contributed by atoms with Crippen LogP contribution in [0.1, 0.15) is 23.1 Å². The Kier molecular flexibility index (Phi) is 7.91. The summed E-state index contributed by atoms with van der Waals surface area (Å²) in [6, 6.07) is 9.22. The molecule has 17 heteroatoms. The molecule has 0 aliphatic rings. The van der Waals surface area contributed by atoms with Gasteiger partial charge >= 0.3 is 11.9 Å². The molecule has 0 unspecified atom stereocenters. The van der Waals surface area contributed by atoms with Crippen molar-refractivity contribution < 1.29 is 23.1 Å². The van der Waals surface area contributed by atoms with Crippen LogP contribution in [-0.4, -0.2) is 67.2 Å². The number of benzene rings is 1. The summed E-state index contributed by atoms with van der Waals surface area (Å²) in [6.07, 6.45) is -1.93. The van der Waals surface area contributed by atoms with E-state index in [1.165, 1.54) is 47.7 Å². The van der Waals surface area contributed by atoms with Crippen LogP contribution in [0.5, 0.6) is 0 Å². The maximum Gasteiger partial charge on any atom is 0.416 e. The van der Waals surface area contributed by atoms with Gasteiger partial charge in [0.1, 0.15) is 18.6 Å². The molecule has 0 aliphatic carbocycles. The fraction of sp³-hybridized carbons (Fsp3) is 0.240. The smallest absolute Gasteiger partial charge is 0.382 e. The number of nitrogens with zero attached hydrogens (tertiary/aromatic N) is 9. The second kappa shape index (κ2) is 11.6. The van der Waals surface area contributed by atoms with E-state index in [0.717, 1.165) is 9.25 Å². The molecule has 0 saturated carbocycles. The van der Waals surface area contributed by atoms with E-state index >= 15 is 0 Å². The lowest BCUT2D eigenvalue weighted by molar-refractivity contribution is -0.207. The van der Waals surface area contributed by atoms with Crippen molar-refractivity contribution in [2.75, 3.05) is 5.32 Å². The summed E-state index contributed by atoms with van der Waals surface area (Å²) in [5.41, 5.74) is 0.0835. The molecule has 1 atom stereocenters. The summed E-state index contributed by atoms with van der Waals surface area (Å²) in [5.74, 6) is -0.284. The standard InChI is InChI=1S/C25H22ClF3N10O3/c1-2-36-11-16(10-32-36)23(41)33-21-18(4-3-9-30-21)39-14-31-20(34-39)13-38-24(42)37(12-19(40)25(27,28)29)22(35-38)15-5-7-17(26)8-6-15/h3-11,14,19,40H,2,12-13H2,1H3,(H,30,33,41)/t19-/m0/s1. The van der Waals surface area contributed by atoms with Crippen LogP contribution in [0.4, 0.5) is 19.0 Å². The summed E-state index contributed by atoms with van der Waals surface area (Å²) in [4.78, 5) is 34.3. The number of carbonyl (C=O) groups is 1. The van der Waals surface area contributed by atoms with E-state index in [9.17, 15) is 27.9 Å². The van der Waals surface area contributed by atoms with Crippen molar-refractivity contribution >= 4 is 23.3 Å². The van der Waals surface area contributed by atoms with Crippen molar-refractivity contribution in [3.63, 3.8) is 0 Å². The molecule has 4 heterocycles. The van der Waals surface area contributed by atoms with Crippen LogP contribution in [0.25, 0.3) is 17.1 Å². The van der Waals surface area contributed by atoms with Gasteiger partial charge in [0, 0.05) is 29.5 Å². The number of carbonyl (C=O) groups excluding carboxylic acids is 1. The maximum atomic E-state index is 13.1. The minimum Gasteiger partial charge on any atom is -0.382 e. The summed E-state index contributed by atoms with van der Waals surface area (Å²) < 4.78 is 43.9. The lowest BCUT2D eigenvalue weighted by Crippen LogP contribution is -2.37. The minimum atomic E-state index is -4.95. The maximum absolute atomic E-state index is 13.1. The van der Waals surface area contributed by atoms with E-state index in [0.29, 0.717) is 28.4 Å². The number of anilines is 1. The molecule has 42 heavy (non-hydrogen) atoms. The normalized spacial score (nSPS) is 12.4. The first-order valence-electron chi connectivity index (χ1n) is 12.4. The Morgan fingerprint density at radius 1 is 1.14 bits per heavy atom. The Morgan fingerprint density at radius 2 is 1.90 bits per heavy atom. The molecule has 0 spiro atoms. The third-order valence-corrected chi connectivity index (χ3v) is 6.33. The van der Waals surface area contributed by atoms with Gasteiger partial charge in [-0.1, -0.05) is 11.6 Å². The highest BCUT2D eigenvalue weighted by Crippen LogP contribution is 2.24. The molecule has 0 fully saturated rings. The molecule has 0 bridgehead atoms. The highest BCUT2D eigenvalue weighted by molar-refractivity contribution is 6.30. The topological polar surface area (TPSA) is 151 Å². The first kappa shape index (κ1) is 28.7. The summed E-state index contributed by atoms with van der Waals surface area (Å²) in [6.45, 7) is 1.10. The van der Waals surface area contributed by atoms with Crippen LogP contribution in [0.2, 0.25) is 5.02 Å². The van der Waals surface area contributed by atoms with E-state index in [2.05, 4.69) is 30.6 Å². The van der Waals surface area contributed by atoms with E-state index in [1.54, 1.807) is 23.0 Å². The zero-order valence-corrected chi connectivity index (χ0v) is 22.5. The largest absolute Gasteiger partial charge is 0.416 e. The van der Waals surface area contributed by atoms with E-state index in [4.69, 9.17) is 11.6 Å². The van der Waals surface area contributed by atoms with Crippen molar-refractivity contribution in [3.8, 4) is 17.1 Å². The first-order chi connectivity index (χ1) is 20.0. The van der Waals surface area contributed by atoms with Gasteiger partial charge in [-0.3, -0.25) is 14.0 Å². The lowest BCUT2D eigenvalue weighted by atomic mass is 10.2. The van der Waals surface area contributed by atoms with Crippen molar-refractivity contribution in [1.29, 1.82) is 0 Å². The number of rotatable bonds is 9. The highest BCUT2D eigenvalue weighted by Gasteiger charge is 2.39. The minimum absolute atomic E-state index is 0.0890. The highest BCUT2D eigenvalue weighted by atomic mass is 35.5. The molecule has 5 aromatic rings. The second-order valence-corrected chi connectivity index (χ2v) is 9.39. The second-order valence-electron chi connectivity index (χ2n) is 8.95. The molecule has 1 aromatic carbocycles. The lowest BCUT2D eigenvalue weighted by Gasteiger charge is -2.15. The Morgan fingerprint density at radius 3 is 2.60 bits per heavy atom. The zero-order chi connectivity index (χ0) is 30.0. The summed E-state index contributed by atoms with van der Waals surface area (Å²) in [5, 5.41) is 25.4. The Hall–Kier alpha value is -4.83. The van der Waals surface area contributed by atoms with Crippen LogP contribution in [0.15, 0.2) is 66.1 Å². The van der Waals surface area contributed by atoms with Gasteiger partial charge < -0.3 is 10.4 Å². The number of aryl methyl sites for hydroxylation is 1. The average molecular weight is 603 g/mol. The molecule has 218 valence electrons. The number of aliphatic hydroxyl groups is 1. The molecular formula is C25H22ClF3N10O3. The average Bonchev–Trinajstić information content (AvgIpc) is 3.70. The van der Waals surface area contributed by atoms with Gasteiger partial charge in [-0.2, -0.15) is 18.3 Å². The molecule has 0 aliphatic heterocycles. The monoisotopic (exact) mass is 602 g/mol. The van der Waals surface area contributed by atoms with E-state index in [1.807, 2.05) is 6.92 Å². The van der Waals surface area contributed by atoms with Gasteiger partial charge in [0.15, 0.2) is 23.6 Å². The number of pyridine rings is 1. The van der Waals surface area contributed by atoms with Crippen LogP contribution >= 0.6 is 11.6 Å². The quantitative estimate of drug-likeness (QED) is 0.261. The van der Waals surface area contributed by atoms with Gasteiger partial charge in [0.25, 0.3) is 5.91 Å². The van der Waals surface area contributed by atoms with Gasteiger partial charge in [-0.05, 0) is 43.3 Å². The van der Waals surface area contributed by atoms with Gasteiger partial charge in [-0.15, -0.1) is 10.2 Å². The number of halogens is 4. The summed E-state index contributed by atoms with van der Waals surface area (Å²) in [7, 11) is 0. The van der Waals surface area contributed by atoms with Crippen LogP contribution in [-0.2, 0) is 19.6 Å². The summed E-state index contributed by atoms with van der Waals surface area (Å²) >= 11 is 5.92. The molecular weight excluding hydrogens is 581 g/mol. The number of hydrogen-bond donors (Lipinski definition) is 2. The van der Waals surface area contributed by atoms with Crippen LogP contribution < -0.4 is 11.0 Å². The number of hydrogen-bond acceptors (Lipinski definition) is 8. The van der Waals surface area contributed by atoms with Gasteiger partial charge in [0.05, 0.1) is 18.3 Å². The number of aromatic nitrogens is 9. The van der Waals surface area contributed by atoms with E-state index < -0.39 is 30.4 Å². The predicted molar refractivity (Wildman–Crippen MR) is 143 cm³/mol. The van der Waals surface area contributed by atoms with Crippen molar-refractivity contribution in [2.24, 2.45) is 0 Å². The number of nitrogens with one attached hydrogen (secondary N) is 1. The number of amides is 1. The van der Waals surface area contributed by atoms with Crippen LogP contribution in [0.3, 0.4) is 0 Å². The fourth-order valence-corrected chi connectivity index (χ4v) is 4.05. The SMILES string of the molecule is CCn1cc(C(=O)Nc2ncccc2-n2cnc(Cn3nc(-c4ccc(Cl)cc4)n(C[C@H](O)C(F)(F)F)c3=O)n2)cn1. The molecule has 4 aromatic heterocycles. The molecule has 0 saturated heterocycles. The number of aliphatic hydroxyl groups excluding tert-OH is 1. The molecule has 13 nitrogen and oxygen atoms in total. The molecule has 1 amide bonds. The predicted octanol–water partition coefficient (Wildman–Crippen LogP) is 2.78. The van der Waals surface area contributed by atoms with Crippen LogP contribution in [0, 0.1) is 0 Å². The third kappa shape index (κ3) is 6.08. The fourth-order valence-electron chi connectivity index (χ4n) is 3.93. The number of alkyl halides is 3. The Labute approximate surface area is 239 Å².